The number of pyridine rings is 1. The fraction of sp³-hybridized carbons (Fsp3) is 0.417. The summed E-state index contributed by atoms with van der Waals surface area (Å²) in [5, 5.41) is 5.61. The molecule has 5 rings (SSSR count). The number of aromatic amines is 1. The van der Waals surface area contributed by atoms with Crippen molar-refractivity contribution in [1.29, 1.82) is 0 Å². The lowest BCUT2D eigenvalue weighted by molar-refractivity contribution is 0.0320. The highest BCUT2D eigenvalue weighted by molar-refractivity contribution is 5.99. The minimum absolute atomic E-state index is 0.581. The molecular weight excluding hydrogens is 420 g/mol. The van der Waals surface area contributed by atoms with Gasteiger partial charge in [-0.15, -0.1) is 0 Å². The topological polar surface area (TPSA) is 87.2 Å². The zero-order valence-corrected chi connectivity index (χ0v) is 18.7. The van der Waals surface area contributed by atoms with Crippen LogP contribution >= 0.6 is 0 Å². The maximum absolute atomic E-state index is 6.04. The highest BCUT2D eigenvalue weighted by Gasteiger charge is 2.15. The van der Waals surface area contributed by atoms with E-state index in [2.05, 4.69) is 37.4 Å². The van der Waals surface area contributed by atoms with Crippen molar-refractivity contribution in [3.8, 4) is 5.88 Å². The lowest BCUT2D eigenvalue weighted by atomic mass is 10.2. The van der Waals surface area contributed by atoms with Crippen molar-refractivity contribution in [3.63, 3.8) is 0 Å². The molecular formula is C24H30N6O3. The van der Waals surface area contributed by atoms with E-state index in [0.717, 1.165) is 73.9 Å². The van der Waals surface area contributed by atoms with Gasteiger partial charge in [-0.05, 0) is 6.07 Å². The summed E-state index contributed by atoms with van der Waals surface area (Å²) in [4.78, 5) is 12.6. The van der Waals surface area contributed by atoms with Crippen molar-refractivity contribution in [2.24, 2.45) is 5.10 Å². The minimum Gasteiger partial charge on any atom is -0.476 e. The predicted octanol–water partition coefficient (Wildman–Crippen LogP) is 2.56. The second-order valence-electron chi connectivity index (χ2n) is 8.11. The molecule has 0 unspecified atom stereocenters. The number of H-pyrrole nitrogens is 1. The molecule has 0 saturated carbocycles. The first-order valence-electron chi connectivity index (χ1n) is 11.5. The van der Waals surface area contributed by atoms with E-state index in [0.29, 0.717) is 25.7 Å². The van der Waals surface area contributed by atoms with Gasteiger partial charge in [0.15, 0.2) is 0 Å². The summed E-state index contributed by atoms with van der Waals surface area (Å²) >= 11 is 0. The SMILES string of the molecule is C(=N\Nc1cc(OCCN2CCOCC2)nc(N2CCOCC2)c1)/c1c[nH]c2ccccc12. The first kappa shape index (κ1) is 21.7. The third-order valence-corrected chi connectivity index (χ3v) is 5.90. The summed E-state index contributed by atoms with van der Waals surface area (Å²) in [6.45, 7) is 7.91. The molecule has 3 aromatic rings. The lowest BCUT2D eigenvalue weighted by Gasteiger charge is -2.28. The molecule has 33 heavy (non-hydrogen) atoms. The summed E-state index contributed by atoms with van der Waals surface area (Å²) in [7, 11) is 0. The zero-order chi connectivity index (χ0) is 22.3. The second-order valence-corrected chi connectivity index (χ2v) is 8.11. The van der Waals surface area contributed by atoms with Crippen LogP contribution in [0.3, 0.4) is 0 Å². The average molecular weight is 451 g/mol. The minimum atomic E-state index is 0.581. The third-order valence-electron chi connectivity index (χ3n) is 5.90. The molecule has 0 bridgehead atoms. The molecule has 2 fully saturated rings. The Morgan fingerprint density at radius 1 is 1.06 bits per heavy atom. The Morgan fingerprint density at radius 3 is 2.70 bits per heavy atom. The number of fused-ring (bicyclic) bond motifs is 1. The Bertz CT molecular complexity index is 1070. The lowest BCUT2D eigenvalue weighted by Crippen LogP contribution is -2.38. The fourth-order valence-corrected chi connectivity index (χ4v) is 4.07. The number of hydrogen-bond donors (Lipinski definition) is 2. The van der Waals surface area contributed by atoms with Gasteiger partial charge in [-0.3, -0.25) is 10.3 Å². The quantitative estimate of drug-likeness (QED) is 0.403. The average Bonchev–Trinajstić information content (AvgIpc) is 3.28. The van der Waals surface area contributed by atoms with E-state index in [1.807, 2.05) is 36.7 Å². The largest absolute Gasteiger partial charge is 0.476 e. The summed E-state index contributed by atoms with van der Waals surface area (Å²) in [5.74, 6) is 1.46. The standard InChI is InChI=1S/C24H30N6O3/c1-2-4-22-21(3-1)19(17-25-22)18-26-28-20-15-23(30-8-12-32-13-9-30)27-24(16-20)33-14-7-29-5-10-31-11-6-29/h1-4,15-18,25H,5-14H2,(H,27,28)/b26-18+. The van der Waals surface area contributed by atoms with Crippen molar-refractivity contribution in [3.05, 3.63) is 48.2 Å². The number of aromatic nitrogens is 2. The number of anilines is 2. The van der Waals surface area contributed by atoms with Crippen molar-refractivity contribution in [2.45, 2.75) is 0 Å². The van der Waals surface area contributed by atoms with Crippen LogP contribution in [0.4, 0.5) is 11.5 Å². The molecule has 2 saturated heterocycles. The number of rotatable bonds is 8. The smallest absolute Gasteiger partial charge is 0.217 e. The Balaban J connectivity index is 1.28. The van der Waals surface area contributed by atoms with Crippen LogP contribution < -0.4 is 15.1 Å². The summed E-state index contributed by atoms with van der Waals surface area (Å²) in [6, 6.07) is 12.1. The molecule has 0 spiro atoms. The van der Waals surface area contributed by atoms with Crippen LogP contribution in [0.25, 0.3) is 10.9 Å². The predicted molar refractivity (Wildman–Crippen MR) is 130 cm³/mol. The third kappa shape index (κ3) is 5.62. The first-order valence-corrected chi connectivity index (χ1v) is 11.5. The number of para-hydroxylation sites is 1. The van der Waals surface area contributed by atoms with Gasteiger partial charge in [-0.2, -0.15) is 10.1 Å². The Morgan fingerprint density at radius 2 is 1.85 bits per heavy atom. The van der Waals surface area contributed by atoms with Crippen LogP contribution in [0.15, 0.2) is 47.7 Å². The molecule has 0 radical (unpaired) electrons. The molecule has 9 nitrogen and oxygen atoms in total. The van der Waals surface area contributed by atoms with E-state index in [4.69, 9.17) is 19.2 Å². The molecule has 2 N–H and O–H groups in total. The number of nitrogens with one attached hydrogen (secondary N) is 2. The van der Waals surface area contributed by atoms with Crippen molar-refractivity contribution in [2.75, 3.05) is 76.1 Å². The van der Waals surface area contributed by atoms with Gasteiger partial charge in [0.25, 0.3) is 0 Å². The van der Waals surface area contributed by atoms with Crippen LogP contribution in [-0.4, -0.2) is 86.8 Å². The number of morpholine rings is 2. The van der Waals surface area contributed by atoms with Gasteiger partial charge < -0.3 is 24.1 Å². The highest BCUT2D eigenvalue weighted by Crippen LogP contribution is 2.24. The summed E-state index contributed by atoms with van der Waals surface area (Å²) < 4.78 is 17.0. The van der Waals surface area contributed by atoms with E-state index in [-0.39, 0.29) is 0 Å². The Kier molecular flexibility index (Phi) is 7.00. The van der Waals surface area contributed by atoms with E-state index < -0.39 is 0 Å². The number of benzene rings is 1. The Labute approximate surface area is 193 Å². The van der Waals surface area contributed by atoms with Crippen LogP contribution in [0, 0.1) is 0 Å². The Hall–Kier alpha value is -3.14. The monoisotopic (exact) mass is 450 g/mol. The van der Waals surface area contributed by atoms with Crippen LogP contribution in [0.2, 0.25) is 0 Å². The van der Waals surface area contributed by atoms with Crippen LogP contribution in [0.5, 0.6) is 5.88 Å². The molecule has 0 atom stereocenters. The number of hydrogen-bond acceptors (Lipinski definition) is 8. The number of nitrogens with zero attached hydrogens (tertiary/aromatic N) is 4. The fourth-order valence-electron chi connectivity index (χ4n) is 4.07. The van der Waals surface area contributed by atoms with Gasteiger partial charge in [0.2, 0.25) is 5.88 Å². The van der Waals surface area contributed by atoms with Crippen LogP contribution in [0.1, 0.15) is 5.56 Å². The maximum Gasteiger partial charge on any atom is 0.217 e. The molecule has 174 valence electrons. The molecule has 2 aliphatic heterocycles. The van der Waals surface area contributed by atoms with E-state index in [1.165, 1.54) is 0 Å². The molecule has 4 heterocycles. The van der Waals surface area contributed by atoms with E-state index >= 15 is 0 Å². The van der Waals surface area contributed by atoms with Gasteiger partial charge in [0, 0.05) is 67.5 Å². The van der Waals surface area contributed by atoms with Gasteiger partial charge in [-0.25, -0.2) is 0 Å². The van der Waals surface area contributed by atoms with Crippen molar-refractivity contribution >= 4 is 28.6 Å². The van der Waals surface area contributed by atoms with Crippen LogP contribution in [-0.2, 0) is 9.47 Å². The molecule has 1 aromatic carbocycles. The zero-order valence-electron chi connectivity index (χ0n) is 18.7. The van der Waals surface area contributed by atoms with Gasteiger partial charge >= 0.3 is 0 Å². The number of hydrazone groups is 1. The molecule has 0 amide bonds. The maximum atomic E-state index is 6.04. The van der Waals surface area contributed by atoms with E-state index in [1.54, 1.807) is 0 Å². The summed E-state index contributed by atoms with van der Waals surface area (Å²) in [5.41, 5.74) is 6.12. The van der Waals surface area contributed by atoms with Gasteiger partial charge in [-0.1, -0.05) is 18.2 Å². The van der Waals surface area contributed by atoms with E-state index in [9.17, 15) is 0 Å². The van der Waals surface area contributed by atoms with Gasteiger partial charge in [0.05, 0.1) is 38.3 Å². The summed E-state index contributed by atoms with van der Waals surface area (Å²) in [6.07, 6.45) is 3.79. The number of ether oxygens (including phenoxy) is 3. The van der Waals surface area contributed by atoms with Gasteiger partial charge in [0.1, 0.15) is 12.4 Å². The molecule has 2 aromatic heterocycles. The molecule has 9 heteroatoms. The van der Waals surface area contributed by atoms with Crippen molar-refractivity contribution in [1.82, 2.24) is 14.9 Å². The highest BCUT2D eigenvalue weighted by atomic mass is 16.5. The normalized spacial score (nSPS) is 17.6. The molecule has 2 aliphatic rings. The molecule has 0 aliphatic carbocycles. The first-order chi connectivity index (χ1) is 16.3. The van der Waals surface area contributed by atoms with Crippen molar-refractivity contribution < 1.29 is 14.2 Å². The second kappa shape index (κ2) is 10.7.